The van der Waals surface area contributed by atoms with Gasteiger partial charge in [-0.3, -0.25) is 0 Å². The molecular weight excluding hydrogens is 404 g/mol. The van der Waals surface area contributed by atoms with Crippen LogP contribution in [-0.2, 0) is 14.8 Å². The van der Waals surface area contributed by atoms with Crippen molar-refractivity contribution in [2.75, 3.05) is 50.4 Å². The van der Waals surface area contributed by atoms with E-state index in [-0.39, 0.29) is 12.2 Å². The van der Waals surface area contributed by atoms with Crippen LogP contribution < -0.4 is 4.90 Å². The molecule has 1 aromatic heterocycles. The standard InChI is InChI=1S/C21H32N4O4S/c1-17(2)29-21(26)24-10-8-18(9-11-24)4-5-19-6-7-20(22-16-19)23-12-14-25(15-13-23)30(3,27)28/h4-7,16-18H,8-15H2,1-3H3/b5-4+. The first kappa shape index (κ1) is 22.6. The van der Waals surface area contributed by atoms with Crippen molar-refractivity contribution in [1.29, 1.82) is 0 Å². The molecule has 2 fully saturated rings. The molecule has 9 heteroatoms. The highest BCUT2D eigenvalue weighted by molar-refractivity contribution is 7.88. The number of anilines is 1. The lowest BCUT2D eigenvalue weighted by Crippen LogP contribution is -2.48. The molecule has 2 aliphatic heterocycles. The summed E-state index contributed by atoms with van der Waals surface area (Å²) < 4.78 is 30.0. The number of nitrogens with zero attached hydrogens (tertiary/aromatic N) is 4. The fourth-order valence-electron chi connectivity index (χ4n) is 3.73. The highest BCUT2D eigenvalue weighted by Gasteiger charge is 2.24. The van der Waals surface area contributed by atoms with Crippen LogP contribution in [0.2, 0.25) is 0 Å². The molecule has 3 heterocycles. The van der Waals surface area contributed by atoms with E-state index in [2.05, 4.69) is 22.0 Å². The van der Waals surface area contributed by atoms with Gasteiger partial charge in [-0.2, -0.15) is 4.31 Å². The molecule has 0 atom stereocenters. The number of sulfonamides is 1. The molecule has 0 saturated carbocycles. The predicted molar refractivity (Wildman–Crippen MR) is 118 cm³/mol. The average Bonchev–Trinajstić information content (AvgIpc) is 2.72. The highest BCUT2D eigenvalue weighted by atomic mass is 32.2. The van der Waals surface area contributed by atoms with Crippen molar-refractivity contribution >= 4 is 28.0 Å². The summed E-state index contributed by atoms with van der Waals surface area (Å²) in [4.78, 5) is 20.4. The summed E-state index contributed by atoms with van der Waals surface area (Å²) in [5, 5.41) is 0. The first-order valence-corrected chi connectivity index (χ1v) is 12.4. The summed E-state index contributed by atoms with van der Waals surface area (Å²) in [5.41, 5.74) is 1.04. The normalized spacial score (nSPS) is 19.6. The fraction of sp³-hybridized carbons (Fsp3) is 0.619. The summed E-state index contributed by atoms with van der Waals surface area (Å²) >= 11 is 0. The Morgan fingerprint density at radius 3 is 2.33 bits per heavy atom. The third-order valence-corrected chi connectivity index (χ3v) is 6.80. The van der Waals surface area contributed by atoms with E-state index in [0.29, 0.717) is 32.1 Å². The van der Waals surface area contributed by atoms with Gasteiger partial charge in [-0.05, 0) is 50.3 Å². The van der Waals surface area contributed by atoms with E-state index < -0.39 is 10.0 Å². The van der Waals surface area contributed by atoms with Gasteiger partial charge in [0.25, 0.3) is 0 Å². The number of allylic oxidation sites excluding steroid dienone is 1. The summed E-state index contributed by atoms with van der Waals surface area (Å²) in [6.45, 7) is 7.44. The van der Waals surface area contributed by atoms with E-state index >= 15 is 0 Å². The van der Waals surface area contributed by atoms with Gasteiger partial charge in [-0.1, -0.05) is 12.2 Å². The van der Waals surface area contributed by atoms with Gasteiger partial charge < -0.3 is 14.5 Å². The Morgan fingerprint density at radius 2 is 1.80 bits per heavy atom. The second-order valence-electron chi connectivity index (χ2n) is 8.21. The monoisotopic (exact) mass is 436 g/mol. The predicted octanol–water partition coefficient (Wildman–Crippen LogP) is 2.43. The second kappa shape index (κ2) is 9.78. The minimum absolute atomic E-state index is 0.0888. The number of aromatic nitrogens is 1. The Balaban J connectivity index is 1.47. The molecule has 8 nitrogen and oxygen atoms in total. The van der Waals surface area contributed by atoms with E-state index in [1.54, 1.807) is 4.90 Å². The average molecular weight is 437 g/mol. The van der Waals surface area contributed by atoms with Crippen molar-refractivity contribution in [3.05, 3.63) is 30.0 Å². The van der Waals surface area contributed by atoms with Crippen molar-refractivity contribution in [3.8, 4) is 0 Å². The van der Waals surface area contributed by atoms with Crippen molar-refractivity contribution in [1.82, 2.24) is 14.2 Å². The lowest BCUT2D eigenvalue weighted by atomic mass is 9.96. The molecule has 0 spiro atoms. The number of ether oxygens (including phenoxy) is 1. The quantitative estimate of drug-likeness (QED) is 0.705. The molecule has 1 aromatic rings. The van der Waals surface area contributed by atoms with Crippen LogP contribution in [0.25, 0.3) is 6.08 Å². The van der Waals surface area contributed by atoms with Gasteiger partial charge in [0.15, 0.2) is 0 Å². The molecule has 0 aromatic carbocycles. The SMILES string of the molecule is CC(C)OC(=O)N1CCC(/C=C/c2ccc(N3CCN(S(C)(=O)=O)CC3)nc2)CC1. The Kier molecular flexibility index (Phi) is 7.36. The van der Waals surface area contributed by atoms with E-state index in [1.807, 2.05) is 32.2 Å². The minimum atomic E-state index is -3.12. The Labute approximate surface area is 179 Å². The largest absolute Gasteiger partial charge is 0.447 e. The topological polar surface area (TPSA) is 83.0 Å². The molecule has 2 aliphatic rings. The van der Waals surface area contributed by atoms with E-state index in [0.717, 1.165) is 37.3 Å². The number of likely N-dealkylation sites (tertiary alicyclic amines) is 1. The number of piperazine rings is 1. The van der Waals surface area contributed by atoms with E-state index in [1.165, 1.54) is 10.6 Å². The zero-order chi connectivity index (χ0) is 21.7. The lowest BCUT2D eigenvalue weighted by Gasteiger charge is -2.33. The molecule has 0 bridgehead atoms. The molecule has 0 unspecified atom stereocenters. The maximum absolute atomic E-state index is 12.0. The van der Waals surface area contributed by atoms with Gasteiger partial charge in [-0.25, -0.2) is 18.2 Å². The maximum Gasteiger partial charge on any atom is 0.410 e. The molecule has 30 heavy (non-hydrogen) atoms. The molecule has 2 saturated heterocycles. The summed E-state index contributed by atoms with van der Waals surface area (Å²) in [5.74, 6) is 1.31. The number of amides is 1. The van der Waals surface area contributed by atoms with Gasteiger partial charge in [0.1, 0.15) is 5.82 Å². The van der Waals surface area contributed by atoms with Crippen LogP contribution in [0.15, 0.2) is 24.4 Å². The number of hydrogen-bond donors (Lipinski definition) is 0. The third-order valence-electron chi connectivity index (χ3n) is 5.50. The number of hydrogen-bond acceptors (Lipinski definition) is 6. The zero-order valence-electron chi connectivity index (χ0n) is 18.0. The van der Waals surface area contributed by atoms with Crippen molar-refractivity contribution in [2.24, 2.45) is 5.92 Å². The van der Waals surface area contributed by atoms with Crippen LogP contribution in [0.3, 0.4) is 0 Å². The fourth-order valence-corrected chi connectivity index (χ4v) is 4.56. The lowest BCUT2D eigenvalue weighted by molar-refractivity contribution is 0.0679. The first-order chi connectivity index (χ1) is 14.2. The van der Waals surface area contributed by atoms with Crippen LogP contribution in [0, 0.1) is 5.92 Å². The Morgan fingerprint density at radius 1 is 1.13 bits per heavy atom. The number of carbonyl (C=O) groups is 1. The van der Waals surface area contributed by atoms with Crippen LogP contribution in [0.4, 0.5) is 10.6 Å². The first-order valence-electron chi connectivity index (χ1n) is 10.5. The number of piperidine rings is 1. The minimum Gasteiger partial charge on any atom is -0.447 e. The molecule has 0 aliphatic carbocycles. The maximum atomic E-state index is 12.0. The van der Waals surface area contributed by atoms with Crippen molar-refractivity contribution in [2.45, 2.75) is 32.8 Å². The van der Waals surface area contributed by atoms with Crippen molar-refractivity contribution < 1.29 is 17.9 Å². The van der Waals surface area contributed by atoms with E-state index in [9.17, 15) is 13.2 Å². The van der Waals surface area contributed by atoms with Crippen molar-refractivity contribution in [3.63, 3.8) is 0 Å². The van der Waals surface area contributed by atoms with Crippen LogP contribution in [0.1, 0.15) is 32.3 Å². The van der Waals surface area contributed by atoms with E-state index in [4.69, 9.17) is 4.74 Å². The van der Waals surface area contributed by atoms with Crippen LogP contribution in [0.5, 0.6) is 0 Å². The smallest absolute Gasteiger partial charge is 0.410 e. The number of pyridine rings is 1. The molecule has 0 radical (unpaired) electrons. The van der Waals surface area contributed by atoms with Gasteiger partial charge in [0, 0.05) is 45.5 Å². The summed E-state index contributed by atoms with van der Waals surface area (Å²) in [6, 6.07) is 4.03. The number of rotatable bonds is 5. The summed E-state index contributed by atoms with van der Waals surface area (Å²) in [7, 11) is -3.12. The Hall–Kier alpha value is -2.13. The zero-order valence-corrected chi connectivity index (χ0v) is 18.8. The summed E-state index contributed by atoms with van der Waals surface area (Å²) in [6.07, 6.45) is 8.95. The van der Waals surface area contributed by atoms with Gasteiger partial charge >= 0.3 is 6.09 Å². The van der Waals surface area contributed by atoms with Gasteiger partial charge in [0.05, 0.1) is 12.4 Å². The second-order valence-corrected chi connectivity index (χ2v) is 10.2. The molecule has 3 rings (SSSR count). The molecule has 1 amide bonds. The Bertz CT molecular complexity index is 838. The van der Waals surface area contributed by atoms with Crippen LogP contribution >= 0.6 is 0 Å². The molecular formula is C21H32N4O4S. The number of carbonyl (C=O) groups excluding carboxylic acids is 1. The highest BCUT2D eigenvalue weighted by Crippen LogP contribution is 2.21. The molecule has 0 N–H and O–H groups in total. The van der Waals surface area contributed by atoms with Gasteiger partial charge in [0.2, 0.25) is 10.0 Å². The third kappa shape index (κ3) is 6.18. The van der Waals surface area contributed by atoms with Crippen LogP contribution in [-0.4, -0.2) is 80.3 Å². The molecule has 166 valence electrons. The van der Waals surface area contributed by atoms with Gasteiger partial charge in [-0.15, -0.1) is 0 Å².